The summed E-state index contributed by atoms with van der Waals surface area (Å²) in [5, 5.41) is 1.35. The number of piperazine rings is 1. The van der Waals surface area contributed by atoms with E-state index in [0.29, 0.717) is 36.6 Å². The van der Waals surface area contributed by atoms with E-state index in [1.807, 2.05) is 36.4 Å². The van der Waals surface area contributed by atoms with Crippen molar-refractivity contribution in [3.63, 3.8) is 0 Å². The zero-order valence-corrected chi connectivity index (χ0v) is 17.0. The summed E-state index contributed by atoms with van der Waals surface area (Å²) in [6.45, 7) is 4.72. The van der Waals surface area contributed by atoms with E-state index in [1.54, 1.807) is 11.1 Å². The van der Waals surface area contributed by atoms with E-state index in [2.05, 4.69) is 22.5 Å². The number of carbonyl (C=O) groups excluding carboxylic acids is 1. The molecule has 148 valence electrons. The number of halogens is 1. The predicted octanol–water partition coefficient (Wildman–Crippen LogP) is 3.73. The van der Waals surface area contributed by atoms with Gasteiger partial charge in [-0.25, -0.2) is 0 Å². The van der Waals surface area contributed by atoms with Gasteiger partial charge < -0.3 is 14.4 Å². The van der Waals surface area contributed by atoms with Crippen molar-refractivity contribution < 1.29 is 4.79 Å². The molecule has 0 radical (unpaired) electrons. The van der Waals surface area contributed by atoms with E-state index in [9.17, 15) is 9.59 Å². The van der Waals surface area contributed by atoms with Gasteiger partial charge in [-0.15, -0.1) is 0 Å². The highest BCUT2D eigenvalue weighted by atomic mass is 35.5. The Balaban J connectivity index is 1.42. The Bertz CT molecular complexity index is 1180. The molecular formula is C23H22ClN3O2. The molecule has 1 atom stereocenters. The normalized spacial score (nSPS) is 18.5. The molecular weight excluding hydrogens is 386 g/mol. The number of amides is 1. The first-order chi connectivity index (χ1) is 14.0. The lowest BCUT2D eigenvalue weighted by Crippen LogP contribution is -2.49. The van der Waals surface area contributed by atoms with Crippen LogP contribution in [0.3, 0.4) is 0 Å². The quantitative estimate of drug-likeness (QED) is 0.650. The van der Waals surface area contributed by atoms with Crippen molar-refractivity contribution in [2.75, 3.05) is 31.1 Å². The Kier molecular flexibility index (Phi) is 4.36. The maximum Gasteiger partial charge on any atom is 0.259 e. The summed E-state index contributed by atoms with van der Waals surface area (Å²) < 4.78 is 2.10. The highest BCUT2D eigenvalue weighted by Crippen LogP contribution is 2.31. The van der Waals surface area contributed by atoms with E-state index in [0.717, 1.165) is 17.6 Å². The number of nitrogens with zero attached hydrogens (tertiary/aromatic N) is 3. The summed E-state index contributed by atoms with van der Waals surface area (Å²) in [7, 11) is 0. The van der Waals surface area contributed by atoms with Gasteiger partial charge in [0.2, 0.25) is 5.43 Å². The fourth-order valence-electron chi connectivity index (χ4n) is 4.58. The molecule has 0 bridgehead atoms. The summed E-state index contributed by atoms with van der Waals surface area (Å²) in [6, 6.07) is 13.8. The standard InChI is InChI=1S/C23H22ClN3O2/c1-15-12-16-4-2-7-19-21(16)27(15)14-20(22(19)28)23(29)26-10-8-25(9-11-26)18-6-3-5-17(24)13-18/h2-7,13-15H,8-12H2,1H3/t15-/m1/s1. The van der Waals surface area contributed by atoms with Crippen molar-refractivity contribution in [2.24, 2.45) is 0 Å². The Labute approximate surface area is 174 Å². The van der Waals surface area contributed by atoms with E-state index in [1.165, 1.54) is 5.56 Å². The molecule has 0 saturated carbocycles. The Morgan fingerprint density at radius 2 is 1.83 bits per heavy atom. The zero-order chi connectivity index (χ0) is 20.1. The van der Waals surface area contributed by atoms with Crippen LogP contribution in [0, 0.1) is 0 Å². The van der Waals surface area contributed by atoms with Crippen LogP contribution in [0.25, 0.3) is 10.9 Å². The molecule has 2 aliphatic heterocycles. The third-order valence-corrected chi connectivity index (χ3v) is 6.33. The Hall–Kier alpha value is -2.79. The van der Waals surface area contributed by atoms with Crippen molar-refractivity contribution in [1.82, 2.24) is 9.47 Å². The molecule has 2 aliphatic rings. The van der Waals surface area contributed by atoms with Crippen LogP contribution in [0.1, 0.15) is 28.9 Å². The van der Waals surface area contributed by atoms with Gasteiger partial charge in [0.15, 0.2) is 0 Å². The Morgan fingerprint density at radius 1 is 1.07 bits per heavy atom. The summed E-state index contributed by atoms with van der Waals surface area (Å²) in [5.74, 6) is -0.170. The van der Waals surface area contributed by atoms with Crippen molar-refractivity contribution in [2.45, 2.75) is 19.4 Å². The number of hydrogen-bond donors (Lipinski definition) is 0. The first-order valence-electron chi connectivity index (χ1n) is 9.99. The molecule has 3 aromatic rings. The molecule has 5 nitrogen and oxygen atoms in total. The van der Waals surface area contributed by atoms with E-state index >= 15 is 0 Å². The molecule has 0 spiro atoms. The fourth-order valence-corrected chi connectivity index (χ4v) is 4.76. The predicted molar refractivity (Wildman–Crippen MR) is 116 cm³/mol. The molecule has 1 fully saturated rings. The second-order valence-corrected chi connectivity index (χ2v) is 8.34. The number of para-hydroxylation sites is 1. The van der Waals surface area contributed by atoms with Gasteiger partial charge in [0.1, 0.15) is 5.56 Å². The number of aromatic nitrogens is 1. The lowest BCUT2D eigenvalue weighted by molar-refractivity contribution is 0.0745. The summed E-state index contributed by atoms with van der Waals surface area (Å²) in [5.41, 5.74) is 3.34. The first-order valence-corrected chi connectivity index (χ1v) is 10.4. The first kappa shape index (κ1) is 18.3. The molecule has 29 heavy (non-hydrogen) atoms. The van der Waals surface area contributed by atoms with Gasteiger partial charge in [0.25, 0.3) is 5.91 Å². The van der Waals surface area contributed by atoms with Crippen LogP contribution in [0.5, 0.6) is 0 Å². The van der Waals surface area contributed by atoms with Gasteiger partial charge in [-0.2, -0.15) is 0 Å². The van der Waals surface area contributed by atoms with Crippen LogP contribution in [-0.2, 0) is 6.42 Å². The molecule has 0 unspecified atom stereocenters. The summed E-state index contributed by atoms with van der Waals surface area (Å²) in [4.78, 5) is 30.3. The minimum absolute atomic E-state index is 0.158. The van der Waals surface area contributed by atoms with Gasteiger partial charge in [0, 0.05) is 54.5 Å². The number of pyridine rings is 1. The van der Waals surface area contributed by atoms with Gasteiger partial charge >= 0.3 is 0 Å². The van der Waals surface area contributed by atoms with Crippen LogP contribution in [0.4, 0.5) is 5.69 Å². The van der Waals surface area contributed by atoms with Crippen LogP contribution < -0.4 is 10.3 Å². The number of rotatable bonds is 2. The fraction of sp³-hybridized carbons (Fsp3) is 0.304. The number of anilines is 1. The summed E-state index contributed by atoms with van der Waals surface area (Å²) >= 11 is 6.10. The number of benzene rings is 2. The van der Waals surface area contributed by atoms with Crippen LogP contribution in [0.15, 0.2) is 53.5 Å². The average molecular weight is 408 g/mol. The van der Waals surface area contributed by atoms with E-state index < -0.39 is 0 Å². The molecule has 2 aromatic carbocycles. The largest absolute Gasteiger partial charge is 0.368 e. The molecule has 1 saturated heterocycles. The molecule has 0 aliphatic carbocycles. The second kappa shape index (κ2) is 6.92. The number of hydrogen-bond acceptors (Lipinski definition) is 3. The van der Waals surface area contributed by atoms with Crippen LogP contribution in [-0.4, -0.2) is 41.6 Å². The lowest BCUT2D eigenvalue weighted by atomic mass is 10.1. The highest BCUT2D eigenvalue weighted by molar-refractivity contribution is 6.30. The monoisotopic (exact) mass is 407 g/mol. The van der Waals surface area contributed by atoms with Crippen LogP contribution >= 0.6 is 11.6 Å². The number of carbonyl (C=O) groups is 1. The maximum atomic E-state index is 13.2. The highest BCUT2D eigenvalue weighted by Gasteiger charge is 2.28. The molecule has 1 amide bonds. The van der Waals surface area contributed by atoms with Gasteiger partial charge in [-0.05, 0) is 43.2 Å². The average Bonchev–Trinajstić information content (AvgIpc) is 3.06. The van der Waals surface area contributed by atoms with Crippen molar-refractivity contribution in [3.05, 3.63) is 75.0 Å². The van der Waals surface area contributed by atoms with Crippen molar-refractivity contribution >= 4 is 34.1 Å². The second-order valence-electron chi connectivity index (χ2n) is 7.90. The summed E-state index contributed by atoms with van der Waals surface area (Å²) in [6.07, 6.45) is 2.67. The van der Waals surface area contributed by atoms with Gasteiger partial charge in [-0.3, -0.25) is 9.59 Å². The molecule has 6 heteroatoms. The molecule has 0 N–H and O–H groups in total. The van der Waals surface area contributed by atoms with Gasteiger partial charge in [0.05, 0.1) is 5.52 Å². The van der Waals surface area contributed by atoms with Crippen LogP contribution in [0.2, 0.25) is 5.02 Å². The SMILES string of the molecule is C[C@@H]1Cc2cccc3c(=O)c(C(=O)N4CCN(c5cccc(Cl)c5)CC4)cn1c23. The van der Waals surface area contributed by atoms with E-state index in [4.69, 9.17) is 11.6 Å². The third kappa shape index (κ3) is 3.01. The molecule has 1 aromatic heterocycles. The molecule has 3 heterocycles. The Morgan fingerprint density at radius 3 is 2.59 bits per heavy atom. The minimum atomic E-state index is -0.170. The zero-order valence-electron chi connectivity index (χ0n) is 16.3. The van der Waals surface area contributed by atoms with E-state index in [-0.39, 0.29) is 22.9 Å². The maximum absolute atomic E-state index is 13.2. The molecule has 5 rings (SSSR count). The van der Waals surface area contributed by atoms with Gasteiger partial charge in [-0.1, -0.05) is 29.8 Å². The smallest absolute Gasteiger partial charge is 0.259 e. The van der Waals surface area contributed by atoms with Crippen molar-refractivity contribution in [1.29, 1.82) is 0 Å². The topological polar surface area (TPSA) is 45.6 Å². The third-order valence-electron chi connectivity index (χ3n) is 6.10. The van der Waals surface area contributed by atoms with Crippen molar-refractivity contribution in [3.8, 4) is 0 Å². The minimum Gasteiger partial charge on any atom is -0.368 e. The lowest BCUT2D eigenvalue weighted by Gasteiger charge is -2.36.